The number of unbranched alkanes of at least 4 members (excludes halogenated alkanes) is 1. The molecule has 0 atom stereocenters. The van der Waals surface area contributed by atoms with E-state index in [4.69, 9.17) is 0 Å². The summed E-state index contributed by atoms with van der Waals surface area (Å²) in [6.07, 6.45) is 5.69. The molecule has 136 valence electrons. The zero-order chi connectivity index (χ0) is 18.4. The van der Waals surface area contributed by atoms with E-state index in [1.165, 1.54) is 27.6 Å². The SMILES string of the molecule is CCCCNC(=O)CCc1cn(Cc2ccccc2C)c2ccccc12. The van der Waals surface area contributed by atoms with Crippen molar-refractivity contribution in [2.75, 3.05) is 6.54 Å². The van der Waals surface area contributed by atoms with Gasteiger partial charge in [0, 0.05) is 36.6 Å². The smallest absolute Gasteiger partial charge is 0.220 e. The van der Waals surface area contributed by atoms with Gasteiger partial charge < -0.3 is 9.88 Å². The van der Waals surface area contributed by atoms with Crippen LogP contribution in [0.15, 0.2) is 54.7 Å². The lowest BCUT2D eigenvalue weighted by molar-refractivity contribution is -0.121. The van der Waals surface area contributed by atoms with E-state index >= 15 is 0 Å². The molecule has 0 saturated heterocycles. The number of nitrogens with zero attached hydrogens (tertiary/aromatic N) is 1. The molecule has 1 amide bonds. The van der Waals surface area contributed by atoms with Crippen molar-refractivity contribution in [3.05, 3.63) is 71.4 Å². The Morgan fingerprint density at radius 2 is 1.81 bits per heavy atom. The predicted molar refractivity (Wildman–Crippen MR) is 108 cm³/mol. The maximum atomic E-state index is 12.1. The molecule has 3 heteroatoms. The normalized spacial score (nSPS) is 11.0. The summed E-state index contributed by atoms with van der Waals surface area (Å²) in [6, 6.07) is 17.0. The molecule has 1 N–H and O–H groups in total. The third kappa shape index (κ3) is 4.34. The summed E-state index contributed by atoms with van der Waals surface area (Å²) < 4.78 is 2.31. The fraction of sp³-hybridized carbons (Fsp3) is 0.348. The number of carbonyl (C=O) groups is 1. The van der Waals surface area contributed by atoms with Crippen LogP contribution < -0.4 is 5.32 Å². The highest BCUT2D eigenvalue weighted by molar-refractivity contribution is 5.85. The second-order valence-electron chi connectivity index (χ2n) is 6.93. The summed E-state index contributed by atoms with van der Waals surface area (Å²) in [7, 11) is 0. The molecule has 0 aliphatic carbocycles. The molecule has 1 aromatic heterocycles. The van der Waals surface area contributed by atoms with Gasteiger partial charge in [0.15, 0.2) is 0 Å². The predicted octanol–water partition coefficient (Wildman–Crippen LogP) is 4.85. The first-order chi connectivity index (χ1) is 12.7. The summed E-state index contributed by atoms with van der Waals surface area (Å²) in [5.41, 5.74) is 5.12. The lowest BCUT2D eigenvalue weighted by Crippen LogP contribution is -2.24. The van der Waals surface area contributed by atoms with Crippen LogP contribution in [0.5, 0.6) is 0 Å². The van der Waals surface area contributed by atoms with Crippen molar-refractivity contribution < 1.29 is 4.79 Å². The van der Waals surface area contributed by atoms with E-state index in [-0.39, 0.29) is 5.91 Å². The number of aromatic nitrogens is 1. The Bertz CT molecular complexity index is 879. The lowest BCUT2D eigenvalue weighted by atomic mass is 10.1. The van der Waals surface area contributed by atoms with Crippen LogP contribution in [0.1, 0.15) is 42.9 Å². The van der Waals surface area contributed by atoms with Gasteiger partial charge in [-0.25, -0.2) is 0 Å². The van der Waals surface area contributed by atoms with Crippen molar-refractivity contribution in [2.24, 2.45) is 0 Å². The molecule has 3 aromatic rings. The quantitative estimate of drug-likeness (QED) is 0.580. The van der Waals surface area contributed by atoms with Crippen molar-refractivity contribution in [1.29, 1.82) is 0 Å². The first-order valence-electron chi connectivity index (χ1n) is 9.57. The molecule has 3 rings (SSSR count). The van der Waals surface area contributed by atoms with Gasteiger partial charge in [-0.05, 0) is 42.5 Å². The molecule has 0 aliphatic rings. The Hall–Kier alpha value is -2.55. The molecule has 1 heterocycles. The third-order valence-electron chi connectivity index (χ3n) is 4.95. The van der Waals surface area contributed by atoms with E-state index in [0.717, 1.165) is 32.4 Å². The summed E-state index contributed by atoms with van der Waals surface area (Å²) in [5, 5.41) is 4.26. The highest BCUT2D eigenvalue weighted by Gasteiger charge is 2.11. The highest BCUT2D eigenvalue weighted by Crippen LogP contribution is 2.24. The average molecular weight is 348 g/mol. The molecular formula is C23H28N2O. The number of carbonyl (C=O) groups excluding carboxylic acids is 1. The molecule has 26 heavy (non-hydrogen) atoms. The van der Waals surface area contributed by atoms with Crippen molar-refractivity contribution in [2.45, 2.75) is 46.1 Å². The maximum absolute atomic E-state index is 12.1. The van der Waals surface area contributed by atoms with E-state index in [1.807, 2.05) is 0 Å². The third-order valence-corrected chi connectivity index (χ3v) is 4.95. The van der Waals surface area contributed by atoms with Crippen molar-refractivity contribution in [1.82, 2.24) is 9.88 Å². The van der Waals surface area contributed by atoms with Crippen LogP contribution in [-0.2, 0) is 17.8 Å². The van der Waals surface area contributed by atoms with Crippen LogP contribution >= 0.6 is 0 Å². The van der Waals surface area contributed by atoms with Crippen LogP contribution in [-0.4, -0.2) is 17.0 Å². The van der Waals surface area contributed by atoms with E-state index in [0.29, 0.717) is 6.42 Å². The minimum atomic E-state index is 0.147. The largest absolute Gasteiger partial charge is 0.356 e. The Morgan fingerprint density at radius 1 is 1.04 bits per heavy atom. The van der Waals surface area contributed by atoms with Gasteiger partial charge in [-0.1, -0.05) is 55.8 Å². The van der Waals surface area contributed by atoms with Crippen LogP contribution in [0.4, 0.5) is 0 Å². The standard InChI is InChI=1S/C23H28N2O/c1-3-4-15-24-23(26)14-13-20-17-25(22-12-8-7-11-21(20)22)16-19-10-6-5-9-18(19)2/h5-12,17H,3-4,13-16H2,1-2H3,(H,24,26). The molecule has 0 spiro atoms. The molecule has 0 radical (unpaired) electrons. The highest BCUT2D eigenvalue weighted by atomic mass is 16.1. The number of nitrogens with one attached hydrogen (secondary N) is 1. The number of aryl methyl sites for hydroxylation is 2. The number of amides is 1. The number of para-hydroxylation sites is 1. The number of rotatable bonds is 8. The van der Waals surface area contributed by atoms with Gasteiger partial charge in [0.25, 0.3) is 0 Å². The number of hydrogen-bond donors (Lipinski definition) is 1. The minimum Gasteiger partial charge on any atom is -0.356 e. The van der Waals surface area contributed by atoms with Crippen molar-refractivity contribution in [3.8, 4) is 0 Å². The Balaban J connectivity index is 1.77. The van der Waals surface area contributed by atoms with E-state index in [1.54, 1.807) is 0 Å². The fourth-order valence-electron chi connectivity index (χ4n) is 3.37. The zero-order valence-corrected chi connectivity index (χ0v) is 15.8. The van der Waals surface area contributed by atoms with Gasteiger partial charge in [-0.2, -0.15) is 0 Å². The van der Waals surface area contributed by atoms with Gasteiger partial charge in [0.1, 0.15) is 0 Å². The molecule has 0 unspecified atom stereocenters. The lowest BCUT2D eigenvalue weighted by Gasteiger charge is -2.08. The van der Waals surface area contributed by atoms with E-state index in [2.05, 4.69) is 78.5 Å². The topological polar surface area (TPSA) is 34.0 Å². The molecule has 0 bridgehead atoms. The summed E-state index contributed by atoms with van der Waals surface area (Å²) in [6.45, 7) is 5.93. The monoisotopic (exact) mass is 348 g/mol. The zero-order valence-electron chi connectivity index (χ0n) is 15.8. The number of benzene rings is 2. The molecule has 2 aromatic carbocycles. The summed E-state index contributed by atoms with van der Waals surface area (Å²) in [5.74, 6) is 0.147. The van der Waals surface area contributed by atoms with Crippen LogP contribution in [0.3, 0.4) is 0 Å². The molecular weight excluding hydrogens is 320 g/mol. The van der Waals surface area contributed by atoms with Crippen LogP contribution in [0.2, 0.25) is 0 Å². The van der Waals surface area contributed by atoms with E-state index in [9.17, 15) is 4.79 Å². The first kappa shape index (κ1) is 18.2. The first-order valence-corrected chi connectivity index (χ1v) is 9.57. The molecule has 0 fully saturated rings. The van der Waals surface area contributed by atoms with Gasteiger partial charge >= 0.3 is 0 Å². The minimum absolute atomic E-state index is 0.147. The van der Waals surface area contributed by atoms with Crippen molar-refractivity contribution >= 4 is 16.8 Å². The van der Waals surface area contributed by atoms with Crippen LogP contribution in [0, 0.1) is 6.92 Å². The van der Waals surface area contributed by atoms with E-state index < -0.39 is 0 Å². The Morgan fingerprint density at radius 3 is 2.62 bits per heavy atom. The molecule has 3 nitrogen and oxygen atoms in total. The van der Waals surface area contributed by atoms with Gasteiger partial charge in [0.05, 0.1) is 0 Å². The average Bonchev–Trinajstić information content (AvgIpc) is 3.00. The van der Waals surface area contributed by atoms with Crippen molar-refractivity contribution in [3.63, 3.8) is 0 Å². The summed E-state index contributed by atoms with van der Waals surface area (Å²) in [4.78, 5) is 12.1. The van der Waals surface area contributed by atoms with Crippen LogP contribution in [0.25, 0.3) is 10.9 Å². The van der Waals surface area contributed by atoms with Gasteiger partial charge in [-0.15, -0.1) is 0 Å². The molecule has 0 aliphatic heterocycles. The maximum Gasteiger partial charge on any atom is 0.220 e. The molecule has 0 saturated carbocycles. The second-order valence-corrected chi connectivity index (χ2v) is 6.93. The Labute approximate surface area is 156 Å². The number of hydrogen-bond acceptors (Lipinski definition) is 1. The summed E-state index contributed by atoms with van der Waals surface area (Å²) >= 11 is 0. The second kappa shape index (κ2) is 8.70. The number of fused-ring (bicyclic) bond motifs is 1. The Kier molecular flexibility index (Phi) is 6.11. The van der Waals surface area contributed by atoms with Gasteiger partial charge in [-0.3, -0.25) is 4.79 Å². The van der Waals surface area contributed by atoms with Gasteiger partial charge in [0.2, 0.25) is 5.91 Å². The fourth-order valence-corrected chi connectivity index (χ4v) is 3.37.